The lowest BCUT2D eigenvalue weighted by Gasteiger charge is -2.08. The predicted molar refractivity (Wildman–Crippen MR) is 67.8 cm³/mol. The minimum Gasteiger partial charge on any atom is -0.495 e. The van der Waals surface area contributed by atoms with E-state index >= 15 is 0 Å². The minimum absolute atomic E-state index is 0.103. The van der Waals surface area contributed by atoms with Gasteiger partial charge in [0.2, 0.25) is 0 Å². The standard InChI is InChI=1S/C13H10ClF2NO/c1-18-13-3-2-7(4-9(13)14)8-5-11(16)12(17)6-10(8)15/h2-6H,17H2,1H3. The molecule has 0 amide bonds. The highest BCUT2D eigenvalue weighted by molar-refractivity contribution is 6.32. The van der Waals surface area contributed by atoms with E-state index in [0.717, 1.165) is 12.1 Å². The van der Waals surface area contributed by atoms with Crippen molar-refractivity contribution in [3.05, 3.63) is 47.0 Å². The molecular weight excluding hydrogens is 260 g/mol. The quantitative estimate of drug-likeness (QED) is 0.840. The van der Waals surface area contributed by atoms with Crippen LogP contribution in [0.25, 0.3) is 11.1 Å². The molecule has 0 spiro atoms. The Morgan fingerprint density at radius 3 is 2.44 bits per heavy atom. The van der Waals surface area contributed by atoms with Gasteiger partial charge in [-0.2, -0.15) is 0 Å². The van der Waals surface area contributed by atoms with Gasteiger partial charge in [-0.3, -0.25) is 0 Å². The molecule has 2 aromatic carbocycles. The van der Waals surface area contributed by atoms with Crippen LogP contribution < -0.4 is 10.5 Å². The van der Waals surface area contributed by atoms with Gasteiger partial charge in [-0.25, -0.2) is 8.78 Å². The third-order valence-electron chi connectivity index (χ3n) is 2.55. The molecule has 0 saturated carbocycles. The molecule has 18 heavy (non-hydrogen) atoms. The first-order valence-electron chi connectivity index (χ1n) is 5.11. The van der Waals surface area contributed by atoms with Crippen molar-refractivity contribution in [2.45, 2.75) is 0 Å². The molecular formula is C13H10ClF2NO. The van der Waals surface area contributed by atoms with E-state index in [4.69, 9.17) is 22.1 Å². The average Bonchev–Trinajstić information content (AvgIpc) is 2.33. The number of ether oxygens (including phenoxy) is 1. The number of hydrogen-bond donors (Lipinski definition) is 1. The molecule has 2 nitrogen and oxygen atoms in total. The van der Waals surface area contributed by atoms with Crippen molar-refractivity contribution < 1.29 is 13.5 Å². The zero-order chi connectivity index (χ0) is 13.3. The first-order valence-corrected chi connectivity index (χ1v) is 5.49. The second kappa shape index (κ2) is 4.82. The fourth-order valence-corrected chi connectivity index (χ4v) is 1.88. The molecule has 5 heteroatoms. The zero-order valence-corrected chi connectivity index (χ0v) is 10.3. The number of hydrogen-bond acceptors (Lipinski definition) is 2. The molecule has 2 rings (SSSR count). The van der Waals surface area contributed by atoms with Gasteiger partial charge >= 0.3 is 0 Å². The molecule has 0 fully saturated rings. The summed E-state index contributed by atoms with van der Waals surface area (Å²) < 4.78 is 32.0. The summed E-state index contributed by atoms with van der Waals surface area (Å²) in [4.78, 5) is 0. The summed E-state index contributed by atoms with van der Waals surface area (Å²) in [7, 11) is 1.48. The Kier molecular flexibility index (Phi) is 3.39. The van der Waals surface area contributed by atoms with Gasteiger partial charge < -0.3 is 10.5 Å². The highest BCUT2D eigenvalue weighted by Gasteiger charge is 2.11. The Hall–Kier alpha value is -1.81. The molecule has 2 aromatic rings. The van der Waals surface area contributed by atoms with Gasteiger partial charge in [-0.15, -0.1) is 0 Å². The van der Waals surface area contributed by atoms with Gasteiger partial charge in [0.15, 0.2) is 0 Å². The zero-order valence-electron chi connectivity index (χ0n) is 9.51. The van der Waals surface area contributed by atoms with Gasteiger partial charge in [0, 0.05) is 11.6 Å². The molecule has 0 aliphatic heterocycles. The molecule has 0 radical (unpaired) electrons. The van der Waals surface area contributed by atoms with E-state index in [1.807, 2.05) is 0 Å². The van der Waals surface area contributed by atoms with Crippen molar-refractivity contribution in [2.75, 3.05) is 12.8 Å². The maximum atomic E-state index is 13.7. The monoisotopic (exact) mass is 269 g/mol. The van der Waals surface area contributed by atoms with Crippen molar-refractivity contribution in [3.63, 3.8) is 0 Å². The summed E-state index contributed by atoms with van der Waals surface area (Å²) in [5.74, 6) is -0.801. The second-order valence-electron chi connectivity index (χ2n) is 3.70. The summed E-state index contributed by atoms with van der Waals surface area (Å²) in [6.45, 7) is 0. The lowest BCUT2D eigenvalue weighted by atomic mass is 10.0. The molecule has 0 aliphatic carbocycles. The first kappa shape index (κ1) is 12.6. The highest BCUT2D eigenvalue weighted by atomic mass is 35.5. The van der Waals surface area contributed by atoms with E-state index in [-0.39, 0.29) is 11.3 Å². The van der Waals surface area contributed by atoms with Gasteiger partial charge in [0.05, 0.1) is 17.8 Å². The Morgan fingerprint density at radius 1 is 1.11 bits per heavy atom. The Labute approximate surface area is 108 Å². The van der Waals surface area contributed by atoms with Gasteiger partial charge in [-0.1, -0.05) is 17.7 Å². The number of methoxy groups -OCH3 is 1. The van der Waals surface area contributed by atoms with Gasteiger partial charge in [0.1, 0.15) is 17.4 Å². The van der Waals surface area contributed by atoms with Gasteiger partial charge in [0.25, 0.3) is 0 Å². The molecule has 0 aromatic heterocycles. The van der Waals surface area contributed by atoms with Crippen LogP contribution in [-0.2, 0) is 0 Å². The third kappa shape index (κ3) is 2.24. The second-order valence-corrected chi connectivity index (χ2v) is 4.11. The summed E-state index contributed by atoms with van der Waals surface area (Å²) >= 11 is 5.94. The molecule has 0 bridgehead atoms. The van der Waals surface area contributed by atoms with E-state index in [2.05, 4.69) is 0 Å². The molecule has 2 N–H and O–H groups in total. The van der Waals surface area contributed by atoms with Crippen LogP contribution in [0.5, 0.6) is 5.75 Å². The normalized spacial score (nSPS) is 10.4. The van der Waals surface area contributed by atoms with Crippen LogP contribution in [-0.4, -0.2) is 7.11 Å². The Morgan fingerprint density at radius 2 is 1.83 bits per heavy atom. The lowest BCUT2D eigenvalue weighted by Crippen LogP contribution is -1.95. The largest absolute Gasteiger partial charge is 0.495 e. The van der Waals surface area contributed by atoms with Crippen LogP contribution >= 0.6 is 11.6 Å². The van der Waals surface area contributed by atoms with Crippen LogP contribution in [0.1, 0.15) is 0 Å². The SMILES string of the molecule is COc1ccc(-c2cc(F)c(N)cc2F)cc1Cl. The topological polar surface area (TPSA) is 35.2 Å². The average molecular weight is 270 g/mol. The molecule has 94 valence electrons. The summed E-state index contributed by atoms with van der Waals surface area (Å²) in [6, 6.07) is 6.68. The van der Waals surface area contributed by atoms with Gasteiger partial charge in [-0.05, 0) is 23.8 Å². The van der Waals surface area contributed by atoms with E-state index < -0.39 is 11.6 Å². The highest BCUT2D eigenvalue weighted by Crippen LogP contribution is 2.32. The molecule has 0 aliphatic rings. The van der Waals surface area contributed by atoms with Crippen LogP contribution in [0, 0.1) is 11.6 Å². The van der Waals surface area contributed by atoms with Crippen molar-refractivity contribution in [1.82, 2.24) is 0 Å². The molecule has 0 atom stereocenters. The van der Waals surface area contributed by atoms with Crippen molar-refractivity contribution >= 4 is 17.3 Å². The Balaban J connectivity index is 2.55. The molecule has 0 unspecified atom stereocenters. The van der Waals surface area contributed by atoms with Crippen LogP contribution in [0.15, 0.2) is 30.3 Å². The minimum atomic E-state index is -0.668. The predicted octanol–water partition coefficient (Wildman–Crippen LogP) is 3.88. The van der Waals surface area contributed by atoms with Crippen molar-refractivity contribution in [1.29, 1.82) is 0 Å². The van der Waals surface area contributed by atoms with Crippen molar-refractivity contribution in [3.8, 4) is 16.9 Å². The lowest BCUT2D eigenvalue weighted by molar-refractivity contribution is 0.415. The summed E-state index contributed by atoms with van der Waals surface area (Å²) in [6.07, 6.45) is 0. The number of halogens is 3. The van der Waals surface area contributed by atoms with Crippen molar-refractivity contribution in [2.24, 2.45) is 0 Å². The third-order valence-corrected chi connectivity index (χ3v) is 2.84. The maximum absolute atomic E-state index is 13.7. The number of rotatable bonds is 2. The van der Waals surface area contributed by atoms with Crippen LogP contribution in [0.3, 0.4) is 0 Å². The van der Waals surface area contributed by atoms with E-state index in [9.17, 15) is 8.78 Å². The first-order chi connectivity index (χ1) is 8.52. The molecule has 0 heterocycles. The van der Waals surface area contributed by atoms with Crippen LogP contribution in [0.2, 0.25) is 5.02 Å². The maximum Gasteiger partial charge on any atom is 0.146 e. The number of nitrogens with two attached hydrogens (primary N) is 1. The fourth-order valence-electron chi connectivity index (χ4n) is 1.62. The summed E-state index contributed by atoms with van der Waals surface area (Å²) in [5.41, 5.74) is 5.61. The van der Waals surface area contributed by atoms with E-state index in [0.29, 0.717) is 16.3 Å². The number of anilines is 1. The summed E-state index contributed by atoms with van der Waals surface area (Å²) in [5, 5.41) is 0.326. The smallest absolute Gasteiger partial charge is 0.146 e. The number of benzene rings is 2. The van der Waals surface area contributed by atoms with Crippen LogP contribution in [0.4, 0.5) is 14.5 Å². The van der Waals surface area contributed by atoms with E-state index in [1.54, 1.807) is 12.1 Å². The van der Waals surface area contributed by atoms with E-state index in [1.165, 1.54) is 13.2 Å². The molecule has 0 saturated heterocycles. The fraction of sp³-hybridized carbons (Fsp3) is 0.0769. The Bertz CT molecular complexity index is 602. The number of nitrogen functional groups attached to an aromatic ring is 1.